The lowest BCUT2D eigenvalue weighted by Gasteiger charge is -2.35. The van der Waals surface area contributed by atoms with E-state index in [-0.39, 0.29) is 0 Å². The molecule has 0 aromatic carbocycles. The molecule has 0 aromatic heterocycles. The van der Waals surface area contributed by atoms with Gasteiger partial charge in [-0.15, -0.1) is 12.3 Å². The van der Waals surface area contributed by atoms with Crippen LogP contribution in [-0.4, -0.2) is 12.1 Å². The molecule has 1 saturated carbocycles. The predicted molar refractivity (Wildman–Crippen MR) is 66.6 cm³/mol. The Morgan fingerprint density at radius 3 is 2.73 bits per heavy atom. The van der Waals surface area contributed by atoms with Crippen LogP contribution in [0.5, 0.6) is 0 Å². The van der Waals surface area contributed by atoms with Crippen molar-refractivity contribution in [3.05, 3.63) is 0 Å². The summed E-state index contributed by atoms with van der Waals surface area (Å²) in [6.07, 6.45) is 11.5. The molecule has 4 atom stereocenters. The zero-order chi connectivity index (χ0) is 11.3. The van der Waals surface area contributed by atoms with Gasteiger partial charge in [-0.25, -0.2) is 0 Å². The number of rotatable bonds is 4. The van der Waals surface area contributed by atoms with Crippen LogP contribution in [0, 0.1) is 24.2 Å². The largest absolute Gasteiger partial charge is 0.310 e. The Hall–Kier alpha value is -0.480. The molecular formula is C14H25N. The average molecular weight is 207 g/mol. The van der Waals surface area contributed by atoms with Gasteiger partial charge in [0.1, 0.15) is 0 Å². The smallest absolute Gasteiger partial charge is 0.0240 e. The van der Waals surface area contributed by atoms with Gasteiger partial charge in [0.25, 0.3) is 0 Å². The monoisotopic (exact) mass is 207 g/mol. The first-order valence-corrected chi connectivity index (χ1v) is 6.36. The van der Waals surface area contributed by atoms with Gasteiger partial charge in [-0.2, -0.15) is 0 Å². The quantitative estimate of drug-likeness (QED) is 0.698. The van der Waals surface area contributed by atoms with Crippen molar-refractivity contribution in [2.24, 2.45) is 11.8 Å². The predicted octanol–water partition coefficient (Wildman–Crippen LogP) is 3.20. The molecule has 0 spiro atoms. The SMILES string of the molecule is C#CCC(CC)NC1CC(C)CCC1C. The highest BCUT2D eigenvalue weighted by Crippen LogP contribution is 2.28. The average Bonchev–Trinajstić information content (AvgIpc) is 2.22. The molecule has 0 aromatic rings. The fourth-order valence-electron chi connectivity index (χ4n) is 2.53. The molecule has 0 amide bonds. The van der Waals surface area contributed by atoms with Crippen molar-refractivity contribution in [2.45, 2.75) is 65.0 Å². The van der Waals surface area contributed by atoms with Crippen molar-refractivity contribution in [3.8, 4) is 12.3 Å². The van der Waals surface area contributed by atoms with Crippen LogP contribution in [0.1, 0.15) is 52.9 Å². The topological polar surface area (TPSA) is 12.0 Å². The Morgan fingerprint density at radius 1 is 1.40 bits per heavy atom. The van der Waals surface area contributed by atoms with Crippen LogP contribution in [0.15, 0.2) is 0 Å². The normalized spacial score (nSPS) is 33.3. The molecule has 1 aliphatic rings. The van der Waals surface area contributed by atoms with E-state index in [4.69, 9.17) is 6.42 Å². The zero-order valence-electron chi connectivity index (χ0n) is 10.4. The lowest BCUT2D eigenvalue weighted by molar-refractivity contribution is 0.212. The van der Waals surface area contributed by atoms with Crippen LogP contribution in [0.4, 0.5) is 0 Å². The van der Waals surface area contributed by atoms with E-state index in [1.165, 1.54) is 19.3 Å². The summed E-state index contributed by atoms with van der Waals surface area (Å²) in [5, 5.41) is 3.74. The molecule has 0 saturated heterocycles. The molecule has 0 aliphatic heterocycles. The summed E-state index contributed by atoms with van der Waals surface area (Å²) in [7, 11) is 0. The van der Waals surface area contributed by atoms with Gasteiger partial charge in [0.15, 0.2) is 0 Å². The molecule has 4 unspecified atom stereocenters. The first kappa shape index (κ1) is 12.6. The van der Waals surface area contributed by atoms with Crippen LogP contribution < -0.4 is 5.32 Å². The Morgan fingerprint density at radius 2 is 2.13 bits per heavy atom. The van der Waals surface area contributed by atoms with E-state index in [1.807, 2.05) is 0 Å². The zero-order valence-corrected chi connectivity index (χ0v) is 10.4. The summed E-state index contributed by atoms with van der Waals surface area (Å²) in [6.45, 7) is 6.95. The minimum Gasteiger partial charge on any atom is -0.310 e. The maximum atomic E-state index is 5.38. The van der Waals surface area contributed by atoms with E-state index in [1.54, 1.807) is 0 Å². The molecular weight excluding hydrogens is 182 g/mol. The second-order valence-corrected chi connectivity index (χ2v) is 5.18. The Labute approximate surface area is 95.0 Å². The Balaban J connectivity index is 2.43. The van der Waals surface area contributed by atoms with Gasteiger partial charge in [0.2, 0.25) is 0 Å². The van der Waals surface area contributed by atoms with Gasteiger partial charge < -0.3 is 5.32 Å². The van der Waals surface area contributed by atoms with Gasteiger partial charge >= 0.3 is 0 Å². The summed E-state index contributed by atoms with van der Waals surface area (Å²) < 4.78 is 0. The van der Waals surface area contributed by atoms with E-state index in [2.05, 4.69) is 32.0 Å². The van der Waals surface area contributed by atoms with Crippen molar-refractivity contribution < 1.29 is 0 Å². The molecule has 1 fully saturated rings. The van der Waals surface area contributed by atoms with Gasteiger partial charge in [-0.05, 0) is 31.1 Å². The number of hydrogen-bond acceptors (Lipinski definition) is 1. The second-order valence-electron chi connectivity index (χ2n) is 5.18. The van der Waals surface area contributed by atoms with Crippen molar-refractivity contribution >= 4 is 0 Å². The van der Waals surface area contributed by atoms with E-state index in [0.717, 1.165) is 24.7 Å². The van der Waals surface area contributed by atoms with Crippen molar-refractivity contribution in [2.75, 3.05) is 0 Å². The summed E-state index contributed by atoms with van der Waals surface area (Å²) in [4.78, 5) is 0. The molecule has 1 aliphatic carbocycles. The van der Waals surface area contributed by atoms with E-state index < -0.39 is 0 Å². The fourth-order valence-corrected chi connectivity index (χ4v) is 2.53. The third-order valence-corrected chi connectivity index (χ3v) is 3.76. The van der Waals surface area contributed by atoms with Crippen molar-refractivity contribution in [1.29, 1.82) is 0 Å². The standard InChI is InChI=1S/C14H25N/c1-5-7-13(6-2)15-14-10-11(3)8-9-12(14)4/h1,11-15H,6-10H2,2-4H3. The van der Waals surface area contributed by atoms with Gasteiger partial charge in [0, 0.05) is 18.5 Å². The fraction of sp³-hybridized carbons (Fsp3) is 0.857. The number of hydrogen-bond donors (Lipinski definition) is 1. The molecule has 1 rings (SSSR count). The molecule has 15 heavy (non-hydrogen) atoms. The lowest BCUT2D eigenvalue weighted by atomic mass is 9.79. The maximum absolute atomic E-state index is 5.38. The lowest BCUT2D eigenvalue weighted by Crippen LogP contribution is -2.44. The van der Waals surface area contributed by atoms with E-state index in [9.17, 15) is 0 Å². The number of nitrogens with one attached hydrogen (secondary N) is 1. The minimum atomic E-state index is 0.521. The summed E-state index contributed by atoms with van der Waals surface area (Å²) in [5.41, 5.74) is 0. The summed E-state index contributed by atoms with van der Waals surface area (Å²) in [5.74, 6) is 4.46. The third kappa shape index (κ3) is 3.87. The minimum absolute atomic E-state index is 0.521. The number of terminal acetylenes is 1. The van der Waals surface area contributed by atoms with Crippen LogP contribution in [0.2, 0.25) is 0 Å². The summed E-state index contributed by atoms with van der Waals surface area (Å²) in [6, 6.07) is 1.21. The van der Waals surface area contributed by atoms with Gasteiger partial charge in [0.05, 0.1) is 0 Å². The highest BCUT2D eigenvalue weighted by atomic mass is 15.0. The Bertz CT molecular complexity index is 216. The second kappa shape index (κ2) is 6.18. The molecule has 1 heteroatoms. The molecule has 0 bridgehead atoms. The van der Waals surface area contributed by atoms with Crippen LogP contribution in [0.3, 0.4) is 0 Å². The molecule has 0 heterocycles. The first-order valence-electron chi connectivity index (χ1n) is 6.36. The van der Waals surface area contributed by atoms with Gasteiger partial charge in [-0.3, -0.25) is 0 Å². The van der Waals surface area contributed by atoms with Crippen LogP contribution in [0.25, 0.3) is 0 Å². The maximum Gasteiger partial charge on any atom is 0.0240 e. The Kier molecular flexibility index (Phi) is 5.19. The molecule has 86 valence electrons. The summed E-state index contributed by atoms with van der Waals surface area (Å²) >= 11 is 0. The molecule has 1 N–H and O–H groups in total. The highest BCUT2D eigenvalue weighted by molar-refractivity contribution is 4.92. The molecule has 0 radical (unpaired) electrons. The van der Waals surface area contributed by atoms with Crippen molar-refractivity contribution in [1.82, 2.24) is 5.32 Å². The van der Waals surface area contributed by atoms with Gasteiger partial charge in [-0.1, -0.05) is 27.2 Å². The highest BCUT2D eigenvalue weighted by Gasteiger charge is 2.26. The van der Waals surface area contributed by atoms with E-state index >= 15 is 0 Å². The van der Waals surface area contributed by atoms with E-state index in [0.29, 0.717) is 12.1 Å². The van der Waals surface area contributed by atoms with Crippen LogP contribution >= 0.6 is 0 Å². The van der Waals surface area contributed by atoms with Crippen molar-refractivity contribution in [3.63, 3.8) is 0 Å². The first-order chi connectivity index (χ1) is 7.17. The molecule has 1 nitrogen and oxygen atoms in total. The third-order valence-electron chi connectivity index (χ3n) is 3.76. The van der Waals surface area contributed by atoms with Crippen LogP contribution in [-0.2, 0) is 0 Å².